The van der Waals surface area contributed by atoms with Gasteiger partial charge < -0.3 is 15.4 Å². The van der Waals surface area contributed by atoms with Gasteiger partial charge in [0.05, 0.1) is 13.2 Å². The number of rotatable bonds is 7. The lowest BCUT2D eigenvalue weighted by atomic mass is 10.1. The summed E-state index contributed by atoms with van der Waals surface area (Å²) in [7, 11) is 1.80. The van der Waals surface area contributed by atoms with Crippen LogP contribution in [0.1, 0.15) is 16.7 Å². The summed E-state index contributed by atoms with van der Waals surface area (Å²) >= 11 is 5.93. The van der Waals surface area contributed by atoms with Crippen molar-refractivity contribution in [1.82, 2.24) is 15.5 Å². The van der Waals surface area contributed by atoms with Gasteiger partial charge in [0.25, 0.3) is 0 Å². The predicted molar refractivity (Wildman–Crippen MR) is 116 cm³/mol. The number of halogens is 1. The van der Waals surface area contributed by atoms with Crippen molar-refractivity contribution in [1.29, 1.82) is 0 Å². The Balaban J connectivity index is 1.43. The third kappa shape index (κ3) is 6.82. The summed E-state index contributed by atoms with van der Waals surface area (Å²) in [6.45, 7) is 6.22. The van der Waals surface area contributed by atoms with Crippen LogP contribution in [-0.2, 0) is 24.2 Å². The monoisotopic (exact) mass is 400 g/mol. The second-order valence-electron chi connectivity index (χ2n) is 6.94. The van der Waals surface area contributed by atoms with E-state index in [0.29, 0.717) is 0 Å². The first-order valence-corrected chi connectivity index (χ1v) is 10.2. The lowest BCUT2D eigenvalue weighted by molar-refractivity contribution is 0.0342. The Morgan fingerprint density at radius 2 is 1.79 bits per heavy atom. The lowest BCUT2D eigenvalue weighted by Crippen LogP contribution is -2.38. The molecule has 1 fully saturated rings. The van der Waals surface area contributed by atoms with Crippen LogP contribution in [0.2, 0.25) is 5.02 Å². The van der Waals surface area contributed by atoms with Gasteiger partial charge in [0.15, 0.2) is 5.96 Å². The molecular weight excluding hydrogens is 372 g/mol. The number of aliphatic imine (C=N–C) groups is 1. The Kier molecular flexibility index (Phi) is 8.15. The van der Waals surface area contributed by atoms with Gasteiger partial charge in [-0.05, 0) is 35.2 Å². The first-order valence-electron chi connectivity index (χ1n) is 9.80. The van der Waals surface area contributed by atoms with E-state index in [1.165, 1.54) is 16.7 Å². The molecule has 28 heavy (non-hydrogen) atoms. The van der Waals surface area contributed by atoms with Crippen LogP contribution in [0.25, 0.3) is 0 Å². The molecule has 2 aromatic carbocycles. The molecule has 1 saturated heterocycles. The molecule has 0 radical (unpaired) electrons. The zero-order valence-electron chi connectivity index (χ0n) is 16.5. The summed E-state index contributed by atoms with van der Waals surface area (Å²) < 4.78 is 5.43. The Hall–Kier alpha value is -2.08. The fourth-order valence-electron chi connectivity index (χ4n) is 3.24. The largest absolute Gasteiger partial charge is 0.379 e. The topological polar surface area (TPSA) is 48.9 Å². The first kappa shape index (κ1) is 20.6. The van der Waals surface area contributed by atoms with Gasteiger partial charge in [-0.25, -0.2) is 0 Å². The van der Waals surface area contributed by atoms with E-state index < -0.39 is 0 Å². The van der Waals surface area contributed by atoms with Crippen LogP contribution < -0.4 is 10.6 Å². The SMILES string of the molecule is CN=C(NCCc1ccc(Cl)cc1)NCc1cccc(CN2CCOCC2)c1. The number of benzene rings is 2. The highest BCUT2D eigenvalue weighted by Crippen LogP contribution is 2.11. The summed E-state index contributed by atoms with van der Waals surface area (Å²) in [4.78, 5) is 6.75. The molecule has 5 nitrogen and oxygen atoms in total. The van der Waals surface area contributed by atoms with Crippen LogP contribution in [-0.4, -0.2) is 50.8 Å². The second kappa shape index (κ2) is 11.1. The van der Waals surface area contributed by atoms with Crippen LogP contribution in [0.15, 0.2) is 53.5 Å². The maximum Gasteiger partial charge on any atom is 0.191 e. The number of morpholine rings is 1. The van der Waals surface area contributed by atoms with E-state index in [2.05, 4.69) is 56.9 Å². The van der Waals surface area contributed by atoms with Crippen molar-refractivity contribution < 1.29 is 4.74 Å². The zero-order valence-corrected chi connectivity index (χ0v) is 17.2. The maximum atomic E-state index is 5.93. The maximum absolute atomic E-state index is 5.93. The molecule has 0 unspecified atom stereocenters. The Labute approximate surface area is 172 Å². The minimum absolute atomic E-state index is 0.748. The van der Waals surface area contributed by atoms with E-state index in [9.17, 15) is 0 Å². The summed E-state index contributed by atoms with van der Waals surface area (Å²) in [6, 6.07) is 16.7. The Morgan fingerprint density at radius 1 is 1.04 bits per heavy atom. The molecule has 6 heteroatoms. The van der Waals surface area contributed by atoms with E-state index in [-0.39, 0.29) is 0 Å². The highest BCUT2D eigenvalue weighted by molar-refractivity contribution is 6.30. The van der Waals surface area contributed by atoms with Gasteiger partial charge in [0.2, 0.25) is 0 Å². The van der Waals surface area contributed by atoms with E-state index in [4.69, 9.17) is 16.3 Å². The zero-order chi connectivity index (χ0) is 19.6. The van der Waals surface area contributed by atoms with Gasteiger partial charge in [-0.3, -0.25) is 9.89 Å². The second-order valence-corrected chi connectivity index (χ2v) is 7.37. The summed E-state index contributed by atoms with van der Waals surface area (Å²) in [5.74, 6) is 0.813. The summed E-state index contributed by atoms with van der Waals surface area (Å²) in [5.41, 5.74) is 3.85. The Bertz CT molecular complexity index is 757. The van der Waals surface area contributed by atoms with Gasteiger partial charge in [-0.15, -0.1) is 0 Å². The molecule has 0 aromatic heterocycles. The number of nitrogens with one attached hydrogen (secondary N) is 2. The first-order chi connectivity index (χ1) is 13.7. The molecule has 150 valence electrons. The minimum atomic E-state index is 0.748. The van der Waals surface area contributed by atoms with E-state index in [0.717, 1.165) is 63.3 Å². The van der Waals surface area contributed by atoms with Crippen molar-refractivity contribution in [3.63, 3.8) is 0 Å². The van der Waals surface area contributed by atoms with Crippen molar-refractivity contribution in [2.45, 2.75) is 19.5 Å². The van der Waals surface area contributed by atoms with Gasteiger partial charge in [-0.2, -0.15) is 0 Å². The van der Waals surface area contributed by atoms with Gasteiger partial charge in [0.1, 0.15) is 0 Å². The molecular formula is C22H29ClN4O. The normalized spacial score (nSPS) is 15.4. The third-order valence-electron chi connectivity index (χ3n) is 4.80. The van der Waals surface area contributed by atoms with Crippen molar-refractivity contribution >= 4 is 17.6 Å². The molecule has 0 atom stereocenters. The van der Waals surface area contributed by atoms with Crippen LogP contribution in [0.3, 0.4) is 0 Å². The van der Waals surface area contributed by atoms with Gasteiger partial charge >= 0.3 is 0 Å². The molecule has 0 spiro atoms. The summed E-state index contributed by atoms with van der Waals surface area (Å²) in [5, 5.41) is 7.53. The van der Waals surface area contributed by atoms with Crippen LogP contribution in [0.4, 0.5) is 0 Å². The van der Waals surface area contributed by atoms with Crippen molar-refractivity contribution in [3.8, 4) is 0 Å². The van der Waals surface area contributed by atoms with E-state index in [1.54, 1.807) is 7.05 Å². The average Bonchev–Trinajstić information content (AvgIpc) is 2.73. The predicted octanol–water partition coefficient (Wildman–Crippen LogP) is 3.08. The number of hydrogen-bond donors (Lipinski definition) is 2. The standard InChI is InChI=1S/C22H29ClN4O/c1-24-22(25-10-9-18-5-7-21(23)8-6-18)26-16-19-3-2-4-20(15-19)17-27-11-13-28-14-12-27/h2-8,15H,9-14,16-17H2,1H3,(H2,24,25,26). The molecule has 0 amide bonds. The molecule has 3 rings (SSSR count). The van der Waals surface area contributed by atoms with Crippen molar-refractivity contribution in [2.24, 2.45) is 4.99 Å². The number of nitrogens with zero attached hydrogens (tertiary/aromatic N) is 2. The number of ether oxygens (including phenoxy) is 1. The smallest absolute Gasteiger partial charge is 0.191 e. The van der Waals surface area contributed by atoms with Crippen molar-refractivity contribution in [3.05, 3.63) is 70.2 Å². The number of guanidine groups is 1. The molecule has 2 aromatic rings. The highest BCUT2D eigenvalue weighted by Gasteiger charge is 2.10. The third-order valence-corrected chi connectivity index (χ3v) is 5.06. The summed E-state index contributed by atoms with van der Waals surface area (Å²) in [6.07, 6.45) is 0.924. The molecule has 0 bridgehead atoms. The molecule has 1 heterocycles. The average molecular weight is 401 g/mol. The minimum Gasteiger partial charge on any atom is -0.379 e. The fraction of sp³-hybridized carbons (Fsp3) is 0.409. The van der Waals surface area contributed by atoms with E-state index >= 15 is 0 Å². The molecule has 1 aliphatic heterocycles. The van der Waals surface area contributed by atoms with Gasteiger partial charge in [-0.1, -0.05) is 48.0 Å². The fourth-order valence-corrected chi connectivity index (χ4v) is 3.36. The van der Waals surface area contributed by atoms with Gasteiger partial charge in [0, 0.05) is 44.8 Å². The Morgan fingerprint density at radius 3 is 2.54 bits per heavy atom. The lowest BCUT2D eigenvalue weighted by Gasteiger charge is -2.26. The van der Waals surface area contributed by atoms with E-state index in [1.807, 2.05) is 12.1 Å². The van der Waals surface area contributed by atoms with Crippen LogP contribution >= 0.6 is 11.6 Å². The van der Waals surface area contributed by atoms with Crippen LogP contribution in [0.5, 0.6) is 0 Å². The van der Waals surface area contributed by atoms with Crippen LogP contribution in [0, 0.1) is 0 Å². The molecule has 0 saturated carbocycles. The highest BCUT2D eigenvalue weighted by atomic mass is 35.5. The molecule has 0 aliphatic carbocycles. The number of hydrogen-bond acceptors (Lipinski definition) is 3. The molecule has 2 N–H and O–H groups in total. The quantitative estimate of drug-likeness (QED) is 0.554. The molecule has 1 aliphatic rings. The van der Waals surface area contributed by atoms with Crippen molar-refractivity contribution in [2.75, 3.05) is 39.9 Å².